The maximum atomic E-state index is 14.5. The first-order chi connectivity index (χ1) is 14.9. The summed E-state index contributed by atoms with van der Waals surface area (Å²) in [5.74, 6) is -0.212. The number of fused-ring (bicyclic) bond motifs is 1. The van der Waals surface area contributed by atoms with Crippen LogP contribution in [-0.4, -0.2) is 52.8 Å². The molecular formula is C22H24ClFN4O3. The number of rotatable bonds is 6. The Morgan fingerprint density at radius 3 is 2.68 bits per heavy atom. The Hall–Kier alpha value is -2.42. The lowest BCUT2D eigenvalue weighted by Gasteiger charge is -2.36. The minimum absolute atomic E-state index is 0.182. The Labute approximate surface area is 184 Å². The van der Waals surface area contributed by atoms with Gasteiger partial charge in [0.15, 0.2) is 17.1 Å². The number of benzene rings is 1. The van der Waals surface area contributed by atoms with Gasteiger partial charge in [-0.3, -0.25) is 4.90 Å². The number of anilines is 1. The van der Waals surface area contributed by atoms with Crippen molar-refractivity contribution in [2.45, 2.75) is 26.0 Å². The van der Waals surface area contributed by atoms with E-state index < -0.39 is 12.0 Å². The second-order valence-electron chi connectivity index (χ2n) is 8.64. The SMILES string of the molecule is CC1(COc2ccc(C(O)N3CCN(c4nc5nc(Cl)ccc5o4)CC3)cc2F)CC1. The van der Waals surface area contributed by atoms with Crippen LogP contribution in [0.4, 0.5) is 10.4 Å². The van der Waals surface area contributed by atoms with Gasteiger partial charge in [0, 0.05) is 31.6 Å². The molecule has 0 radical (unpaired) electrons. The van der Waals surface area contributed by atoms with Gasteiger partial charge in [0.25, 0.3) is 6.01 Å². The van der Waals surface area contributed by atoms with Crippen LogP contribution in [0.1, 0.15) is 31.6 Å². The second kappa shape index (κ2) is 7.93. The molecule has 0 bridgehead atoms. The minimum atomic E-state index is -0.893. The molecule has 1 saturated carbocycles. The van der Waals surface area contributed by atoms with Gasteiger partial charge in [-0.25, -0.2) is 9.37 Å². The van der Waals surface area contributed by atoms with E-state index in [9.17, 15) is 9.50 Å². The largest absolute Gasteiger partial charge is 0.490 e. The molecule has 1 saturated heterocycles. The second-order valence-corrected chi connectivity index (χ2v) is 9.03. The molecule has 5 rings (SSSR count). The third kappa shape index (κ3) is 4.33. The number of aliphatic hydroxyl groups is 1. The predicted molar refractivity (Wildman–Crippen MR) is 115 cm³/mol. The lowest BCUT2D eigenvalue weighted by atomic mass is 10.1. The van der Waals surface area contributed by atoms with E-state index in [1.54, 1.807) is 24.3 Å². The van der Waals surface area contributed by atoms with Gasteiger partial charge < -0.3 is 19.2 Å². The van der Waals surface area contributed by atoms with Crippen LogP contribution in [0.15, 0.2) is 34.7 Å². The highest BCUT2D eigenvalue weighted by Crippen LogP contribution is 2.45. The van der Waals surface area contributed by atoms with Crippen LogP contribution >= 0.6 is 11.6 Å². The molecule has 0 spiro atoms. The molecule has 0 amide bonds. The molecular weight excluding hydrogens is 423 g/mol. The Kier molecular flexibility index (Phi) is 5.24. The monoisotopic (exact) mass is 446 g/mol. The number of pyridine rings is 1. The molecule has 7 nitrogen and oxygen atoms in total. The summed E-state index contributed by atoms with van der Waals surface area (Å²) in [6, 6.07) is 8.57. The number of oxazole rings is 1. The molecule has 2 aliphatic rings. The van der Waals surface area contributed by atoms with Gasteiger partial charge in [0.2, 0.25) is 5.65 Å². The fourth-order valence-electron chi connectivity index (χ4n) is 3.69. The van der Waals surface area contributed by atoms with E-state index in [2.05, 4.69) is 16.9 Å². The Balaban J connectivity index is 1.21. The molecule has 1 aliphatic heterocycles. The lowest BCUT2D eigenvalue weighted by molar-refractivity contribution is -0.00234. The van der Waals surface area contributed by atoms with Gasteiger partial charge >= 0.3 is 0 Å². The molecule has 9 heteroatoms. The quantitative estimate of drug-likeness (QED) is 0.573. The zero-order valence-electron chi connectivity index (χ0n) is 17.2. The van der Waals surface area contributed by atoms with Crippen molar-refractivity contribution >= 4 is 28.8 Å². The smallest absolute Gasteiger partial charge is 0.300 e. The number of aromatic nitrogens is 2. The number of aliphatic hydroxyl groups excluding tert-OH is 1. The zero-order valence-corrected chi connectivity index (χ0v) is 18.0. The van der Waals surface area contributed by atoms with Crippen molar-refractivity contribution in [3.05, 3.63) is 46.9 Å². The molecule has 1 unspecified atom stereocenters. The predicted octanol–water partition coefficient (Wildman–Crippen LogP) is 4.01. The average Bonchev–Trinajstić information content (AvgIpc) is 3.36. The third-order valence-electron chi connectivity index (χ3n) is 6.07. The van der Waals surface area contributed by atoms with Crippen molar-refractivity contribution < 1.29 is 18.7 Å². The first-order valence-corrected chi connectivity index (χ1v) is 10.8. The fraction of sp³-hybridized carbons (Fsp3) is 0.455. The molecule has 2 fully saturated rings. The Bertz CT molecular complexity index is 1100. The molecule has 1 aliphatic carbocycles. The molecule has 1 N–H and O–H groups in total. The highest BCUT2D eigenvalue weighted by molar-refractivity contribution is 6.29. The van der Waals surface area contributed by atoms with Gasteiger partial charge in [-0.05, 0) is 42.7 Å². The van der Waals surface area contributed by atoms with Crippen LogP contribution in [0.2, 0.25) is 5.15 Å². The number of ether oxygens (including phenoxy) is 1. The topological polar surface area (TPSA) is 74.9 Å². The fourth-order valence-corrected chi connectivity index (χ4v) is 3.84. The molecule has 164 valence electrons. The van der Waals surface area contributed by atoms with Crippen molar-refractivity contribution in [1.29, 1.82) is 0 Å². The minimum Gasteiger partial charge on any atom is -0.490 e. The number of hydrogen-bond acceptors (Lipinski definition) is 7. The molecule has 3 aromatic rings. The first kappa shape index (κ1) is 20.5. The van der Waals surface area contributed by atoms with E-state index in [1.165, 1.54) is 6.07 Å². The summed E-state index contributed by atoms with van der Waals surface area (Å²) < 4.78 is 25.9. The summed E-state index contributed by atoms with van der Waals surface area (Å²) in [6.45, 7) is 5.03. The summed E-state index contributed by atoms with van der Waals surface area (Å²) >= 11 is 5.91. The van der Waals surface area contributed by atoms with Crippen LogP contribution in [0.25, 0.3) is 11.2 Å². The van der Waals surface area contributed by atoms with E-state index in [0.29, 0.717) is 60.7 Å². The van der Waals surface area contributed by atoms with Gasteiger partial charge in [-0.15, -0.1) is 0 Å². The normalized spacial score (nSPS) is 19.5. The van der Waals surface area contributed by atoms with Crippen LogP contribution < -0.4 is 9.64 Å². The molecule has 3 heterocycles. The van der Waals surface area contributed by atoms with Crippen molar-refractivity contribution in [2.75, 3.05) is 37.7 Å². The van der Waals surface area contributed by atoms with Gasteiger partial charge in [-0.1, -0.05) is 24.6 Å². The van der Waals surface area contributed by atoms with Gasteiger partial charge in [0.1, 0.15) is 11.4 Å². The van der Waals surface area contributed by atoms with Crippen molar-refractivity contribution in [3.63, 3.8) is 0 Å². The molecule has 1 aromatic carbocycles. The van der Waals surface area contributed by atoms with Crippen molar-refractivity contribution in [1.82, 2.24) is 14.9 Å². The summed E-state index contributed by atoms with van der Waals surface area (Å²) in [5, 5.41) is 11.1. The maximum Gasteiger partial charge on any atom is 0.300 e. The van der Waals surface area contributed by atoms with E-state index in [4.69, 9.17) is 20.8 Å². The molecule has 1 atom stereocenters. The van der Waals surface area contributed by atoms with E-state index >= 15 is 0 Å². The molecule has 2 aromatic heterocycles. The van der Waals surface area contributed by atoms with Crippen LogP contribution in [-0.2, 0) is 0 Å². The van der Waals surface area contributed by atoms with E-state index in [0.717, 1.165) is 12.8 Å². The Morgan fingerprint density at radius 1 is 1.19 bits per heavy atom. The zero-order chi connectivity index (χ0) is 21.6. The van der Waals surface area contributed by atoms with Crippen LogP contribution in [0.5, 0.6) is 5.75 Å². The van der Waals surface area contributed by atoms with E-state index in [-0.39, 0.29) is 11.2 Å². The van der Waals surface area contributed by atoms with Crippen LogP contribution in [0, 0.1) is 11.2 Å². The van der Waals surface area contributed by atoms with Gasteiger partial charge in [-0.2, -0.15) is 4.98 Å². The summed E-state index contributed by atoms with van der Waals surface area (Å²) in [7, 11) is 0. The summed E-state index contributed by atoms with van der Waals surface area (Å²) in [4.78, 5) is 12.5. The number of hydrogen-bond donors (Lipinski definition) is 1. The van der Waals surface area contributed by atoms with Crippen molar-refractivity contribution in [2.24, 2.45) is 5.41 Å². The molecule has 31 heavy (non-hydrogen) atoms. The number of nitrogens with zero attached hydrogens (tertiary/aromatic N) is 4. The average molecular weight is 447 g/mol. The summed E-state index contributed by atoms with van der Waals surface area (Å²) in [6.07, 6.45) is 1.34. The van der Waals surface area contributed by atoms with Gasteiger partial charge in [0.05, 0.1) is 6.61 Å². The number of piperazine rings is 1. The summed E-state index contributed by atoms with van der Waals surface area (Å²) in [5.41, 5.74) is 1.74. The first-order valence-electron chi connectivity index (χ1n) is 10.4. The highest BCUT2D eigenvalue weighted by atomic mass is 35.5. The number of halogens is 2. The third-order valence-corrected chi connectivity index (χ3v) is 6.28. The van der Waals surface area contributed by atoms with E-state index in [1.807, 2.05) is 9.80 Å². The lowest BCUT2D eigenvalue weighted by Crippen LogP contribution is -2.47. The highest BCUT2D eigenvalue weighted by Gasteiger charge is 2.38. The maximum absolute atomic E-state index is 14.5. The Morgan fingerprint density at radius 2 is 1.97 bits per heavy atom. The standard InChI is InChI=1S/C22H24ClFN4O3/c1-22(6-7-22)13-30-16-3-2-14(12-15(16)24)20(29)27-8-10-28(11-9-27)21-26-19-17(31-21)4-5-18(23)25-19/h2-5,12,20,29H,6-11,13H2,1H3. The van der Waals surface area contributed by atoms with Crippen molar-refractivity contribution in [3.8, 4) is 5.75 Å². The van der Waals surface area contributed by atoms with Crippen LogP contribution in [0.3, 0.4) is 0 Å².